The molecule has 1 saturated heterocycles. The van der Waals surface area contributed by atoms with Crippen LogP contribution >= 0.6 is 0 Å². The van der Waals surface area contributed by atoms with Gasteiger partial charge in [-0.15, -0.1) is 6.58 Å². The van der Waals surface area contributed by atoms with Gasteiger partial charge in [-0.2, -0.15) is 0 Å². The smallest absolute Gasteiger partial charge is 0.411 e. The van der Waals surface area contributed by atoms with E-state index < -0.39 is 5.54 Å². The molecule has 1 atom stereocenters. The van der Waals surface area contributed by atoms with E-state index in [1.54, 1.807) is 0 Å². The number of amides is 1. The predicted molar refractivity (Wildman–Crippen MR) is 144 cm³/mol. The van der Waals surface area contributed by atoms with Crippen molar-refractivity contribution in [1.29, 1.82) is 0 Å². The molecule has 1 amide bonds. The molecule has 3 nitrogen and oxygen atoms in total. The van der Waals surface area contributed by atoms with E-state index in [1.807, 2.05) is 47.4 Å². The molecule has 178 valence electrons. The standard InChI is InChI=1S/C33H29NO2/c1-2-26-21-22-33(24-13-5-3-6-14-24,25-15-7-4-8-16-25)34(26)32(35)36-23-31-29-19-11-9-17-27(29)28-18-10-12-20-30(28)31/h2-20,26,31H,1,21-23H2. The van der Waals surface area contributed by atoms with Crippen LogP contribution in [0.15, 0.2) is 122 Å². The minimum Gasteiger partial charge on any atom is -0.448 e. The number of hydrogen-bond donors (Lipinski definition) is 0. The average Bonchev–Trinajstić information content (AvgIpc) is 3.50. The molecule has 0 aromatic heterocycles. The van der Waals surface area contributed by atoms with E-state index in [9.17, 15) is 4.79 Å². The van der Waals surface area contributed by atoms with Crippen LogP contribution in [0.4, 0.5) is 4.79 Å². The highest BCUT2D eigenvalue weighted by molar-refractivity contribution is 5.79. The van der Waals surface area contributed by atoms with Crippen molar-refractivity contribution >= 4 is 6.09 Å². The summed E-state index contributed by atoms with van der Waals surface area (Å²) in [6, 6.07) is 37.4. The Balaban J connectivity index is 1.37. The van der Waals surface area contributed by atoms with Gasteiger partial charge in [0.25, 0.3) is 0 Å². The first kappa shape index (κ1) is 22.4. The highest BCUT2D eigenvalue weighted by atomic mass is 16.6. The number of carbonyl (C=O) groups excluding carboxylic acids is 1. The highest BCUT2D eigenvalue weighted by Gasteiger charge is 2.51. The molecule has 36 heavy (non-hydrogen) atoms. The molecule has 1 fully saturated rings. The lowest BCUT2D eigenvalue weighted by Crippen LogP contribution is -2.49. The first-order valence-corrected chi connectivity index (χ1v) is 12.6. The van der Waals surface area contributed by atoms with Crippen LogP contribution < -0.4 is 0 Å². The van der Waals surface area contributed by atoms with Crippen molar-refractivity contribution < 1.29 is 9.53 Å². The van der Waals surface area contributed by atoms with E-state index >= 15 is 0 Å². The van der Waals surface area contributed by atoms with Crippen molar-refractivity contribution in [3.05, 3.63) is 144 Å². The molecule has 6 rings (SSSR count). The van der Waals surface area contributed by atoms with E-state index in [-0.39, 0.29) is 18.1 Å². The third-order valence-electron chi connectivity index (χ3n) is 7.85. The van der Waals surface area contributed by atoms with Gasteiger partial charge in [-0.3, -0.25) is 4.90 Å². The Morgan fingerprint density at radius 2 is 1.31 bits per heavy atom. The maximum absolute atomic E-state index is 14.0. The molecule has 4 aromatic rings. The third-order valence-corrected chi connectivity index (χ3v) is 7.85. The maximum Gasteiger partial charge on any atom is 0.411 e. The van der Waals surface area contributed by atoms with Gasteiger partial charge in [0.05, 0.1) is 11.6 Å². The Morgan fingerprint density at radius 3 is 1.83 bits per heavy atom. The number of likely N-dealkylation sites (tertiary alicyclic amines) is 1. The number of benzene rings is 4. The zero-order valence-corrected chi connectivity index (χ0v) is 20.2. The summed E-state index contributed by atoms with van der Waals surface area (Å²) in [7, 11) is 0. The molecule has 0 saturated carbocycles. The molecule has 3 heteroatoms. The Labute approximate surface area is 212 Å². The summed E-state index contributed by atoms with van der Waals surface area (Å²) in [4.78, 5) is 15.9. The fourth-order valence-corrected chi connectivity index (χ4v) is 6.23. The summed E-state index contributed by atoms with van der Waals surface area (Å²) >= 11 is 0. The van der Waals surface area contributed by atoms with E-state index in [4.69, 9.17) is 4.74 Å². The maximum atomic E-state index is 14.0. The van der Waals surface area contributed by atoms with Crippen LogP contribution in [0.2, 0.25) is 0 Å². The number of rotatable bonds is 5. The normalized spacial score (nSPS) is 17.9. The highest BCUT2D eigenvalue weighted by Crippen LogP contribution is 2.49. The van der Waals surface area contributed by atoms with Gasteiger partial charge < -0.3 is 4.74 Å². The zero-order chi connectivity index (χ0) is 24.5. The van der Waals surface area contributed by atoms with Crippen molar-refractivity contribution in [1.82, 2.24) is 4.90 Å². The molecular weight excluding hydrogens is 442 g/mol. The number of fused-ring (bicyclic) bond motifs is 3. The van der Waals surface area contributed by atoms with Crippen LogP contribution in [0.1, 0.15) is 41.0 Å². The van der Waals surface area contributed by atoms with Crippen LogP contribution in [-0.2, 0) is 10.3 Å². The molecule has 0 radical (unpaired) electrons. The van der Waals surface area contributed by atoms with Crippen LogP contribution in [0.5, 0.6) is 0 Å². The first-order valence-electron chi connectivity index (χ1n) is 12.6. The second-order valence-electron chi connectivity index (χ2n) is 9.61. The summed E-state index contributed by atoms with van der Waals surface area (Å²) in [5.74, 6) is 0.0222. The summed E-state index contributed by atoms with van der Waals surface area (Å²) in [5.41, 5.74) is 6.45. The SMILES string of the molecule is C=CC1CCC(c2ccccc2)(c2ccccc2)N1C(=O)OCC1c2ccccc2-c2ccccc21. The van der Waals surface area contributed by atoms with Gasteiger partial charge in [-0.25, -0.2) is 4.79 Å². The Bertz CT molecular complexity index is 1310. The van der Waals surface area contributed by atoms with Crippen molar-refractivity contribution in [3.8, 4) is 11.1 Å². The van der Waals surface area contributed by atoms with Gasteiger partial charge in [-0.1, -0.05) is 115 Å². The lowest BCUT2D eigenvalue weighted by Gasteiger charge is -2.41. The molecule has 1 aliphatic carbocycles. The molecule has 0 bridgehead atoms. The lowest BCUT2D eigenvalue weighted by atomic mass is 9.80. The fraction of sp³-hybridized carbons (Fsp3) is 0.182. The van der Waals surface area contributed by atoms with E-state index in [0.29, 0.717) is 6.61 Å². The molecule has 2 aliphatic rings. The number of ether oxygens (including phenoxy) is 1. The summed E-state index contributed by atoms with van der Waals surface area (Å²) in [6.45, 7) is 4.37. The molecular formula is C33H29NO2. The van der Waals surface area contributed by atoms with Gasteiger partial charge in [0.1, 0.15) is 6.61 Å². The van der Waals surface area contributed by atoms with Crippen LogP contribution in [-0.4, -0.2) is 23.6 Å². The molecule has 0 N–H and O–H groups in total. The average molecular weight is 472 g/mol. The predicted octanol–water partition coefficient (Wildman–Crippen LogP) is 7.53. The van der Waals surface area contributed by atoms with Gasteiger partial charge in [-0.05, 0) is 46.2 Å². The largest absolute Gasteiger partial charge is 0.448 e. The van der Waals surface area contributed by atoms with Gasteiger partial charge in [0, 0.05) is 5.92 Å². The first-order chi connectivity index (χ1) is 17.7. The Morgan fingerprint density at radius 1 is 0.806 bits per heavy atom. The minimum absolute atomic E-state index is 0.0222. The van der Waals surface area contributed by atoms with Gasteiger partial charge in [0.2, 0.25) is 0 Å². The van der Waals surface area contributed by atoms with Crippen molar-refractivity contribution in [2.24, 2.45) is 0 Å². The minimum atomic E-state index is -0.607. The topological polar surface area (TPSA) is 29.5 Å². The third kappa shape index (κ3) is 3.46. The Kier molecular flexibility index (Phi) is 5.69. The molecule has 1 aliphatic heterocycles. The zero-order valence-electron chi connectivity index (χ0n) is 20.2. The summed E-state index contributed by atoms with van der Waals surface area (Å²) < 4.78 is 6.19. The van der Waals surface area contributed by atoms with Gasteiger partial charge in [0.15, 0.2) is 0 Å². The van der Waals surface area contributed by atoms with Crippen molar-refractivity contribution in [2.75, 3.05) is 6.61 Å². The quantitative estimate of drug-likeness (QED) is 0.282. The number of nitrogens with zero attached hydrogens (tertiary/aromatic N) is 1. The van der Waals surface area contributed by atoms with E-state index in [1.165, 1.54) is 22.3 Å². The second kappa shape index (κ2) is 9.16. The van der Waals surface area contributed by atoms with Crippen LogP contribution in [0.3, 0.4) is 0 Å². The molecule has 1 heterocycles. The van der Waals surface area contributed by atoms with Crippen molar-refractivity contribution in [2.45, 2.75) is 30.3 Å². The second-order valence-corrected chi connectivity index (χ2v) is 9.61. The molecule has 0 spiro atoms. The van der Waals surface area contributed by atoms with Gasteiger partial charge >= 0.3 is 6.09 Å². The summed E-state index contributed by atoms with van der Waals surface area (Å²) in [6.07, 6.45) is 3.22. The monoisotopic (exact) mass is 471 g/mol. The lowest BCUT2D eigenvalue weighted by molar-refractivity contribution is 0.0691. The molecule has 1 unspecified atom stereocenters. The van der Waals surface area contributed by atoms with Crippen molar-refractivity contribution in [3.63, 3.8) is 0 Å². The van der Waals surface area contributed by atoms with E-state index in [0.717, 1.165) is 24.0 Å². The van der Waals surface area contributed by atoms with Crippen LogP contribution in [0, 0.1) is 0 Å². The molecule has 4 aromatic carbocycles. The summed E-state index contributed by atoms with van der Waals surface area (Å²) in [5, 5.41) is 0. The number of hydrogen-bond acceptors (Lipinski definition) is 2. The van der Waals surface area contributed by atoms with Crippen LogP contribution in [0.25, 0.3) is 11.1 Å². The Hall–Kier alpha value is -4.11. The number of carbonyl (C=O) groups is 1. The fourth-order valence-electron chi connectivity index (χ4n) is 6.23. The van der Waals surface area contributed by atoms with E-state index in [2.05, 4.69) is 79.4 Å².